The van der Waals surface area contributed by atoms with Gasteiger partial charge in [-0.15, -0.1) is 0 Å². The molecule has 0 amide bonds. The minimum atomic E-state index is -3.99. The highest BCUT2D eigenvalue weighted by Gasteiger charge is 2.07. The number of hydrogen-bond donors (Lipinski definition) is 3. The zero-order valence-corrected chi connectivity index (χ0v) is 9.59. The van der Waals surface area contributed by atoms with E-state index in [0.717, 1.165) is 6.07 Å². The SMILES string of the molecule is NS(=O)(=O)Nc1ccc(C#CCCO)cc1F. The van der Waals surface area contributed by atoms with E-state index in [9.17, 15) is 12.8 Å². The van der Waals surface area contributed by atoms with E-state index in [4.69, 9.17) is 10.2 Å². The van der Waals surface area contributed by atoms with E-state index in [1.807, 2.05) is 4.72 Å². The van der Waals surface area contributed by atoms with E-state index < -0.39 is 16.0 Å². The monoisotopic (exact) mass is 258 g/mol. The lowest BCUT2D eigenvalue weighted by Crippen LogP contribution is -2.22. The maximum Gasteiger partial charge on any atom is 0.296 e. The van der Waals surface area contributed by atoms with Gasteiger partial charge in [0, 0.05) is 12.0 Å². The van der Waals surface area contributed by atoms with Crippen LogP contribution in [0.15, 0.2) is 18.2 Å². The Hall–Kier alpha value is -1.62. The number of halogens is 1. The van der Waals surface area contributed by atoms with Gasteiger partial charge in [0.05, 0.1) is 12.3 Å². The van der Waals surface area contributed by atoms with Crippen LogP contribution in [0.2, 0.25) is 0 Å². The van der Waals surface area contributed by atoms with Gasteiger partial charge in [0.15, 0.2) is 0 Å². The van der Waals surface area contributed by atoms with E-state index in [2.05, 4.69) is 11.8 Å². The van der Waals surface area contributed by atoms with Crippen LogP contribution >= 0.6 is 0 Å². The molecule has 0 aliphatic heterocycles. The molecule has 7 heteroatoms. The number of nitrogens with two attached hydrogens (primary N) is 1. The highest BCUT2D eigenvalue weighted by molar-refractivity contribution is 7.90. The third-order valence-electron chi connectivity index (χ3n) is 1.69. The lowest BCUT2D eigenvalue weighted by molar-refractivity contribution is 0.305. The first-order valence-corrected chi connectivity index (χ1v) is 6.17. The lowest BCUT2D eigenvalue weighted by Gasteiger charge is -2.04. The fraction of sp³-hybridized carbons (Fsp3) is 0.200. The Morgan fingerprint density at radius 2 is 2.18 bits per heavy atom. The van der Waals surface area contributed by atoms with Crippen LogP contribution in [-0.4, -0.2) is 20.1 Å². The maximum absolute atomic E-state index is 13.4. The van der Waals surface area contributed by atoms with Crippen molar-refractivity contribution in [1.82, 2.24) is 0 Å². The predicted molar refractivity (Wildman–Crippen MR) is 61.7 cm³/mol. The Bertz CT molecular complexity index is 561. The second-order valence-electron chi connectivity index (χ2n) is 3.12. The largest absolute Gasteiger partial charge is 0.395 e. The van der Waals surface area contributed by atoms with Crippen molar-refractivity contribution >= 4 is 15.9 Å². The molecule has 4 N–H and O–H groups in total. The molecule has 0 aliphatic rings. The summed E-state index contributed by atoms with van der Waals surface area (Å²) in [4.78, 5) is 0. The summed E-state index contributed by atoms with van der Waals surface area (Å²) in [6, 6.07) is 3.75. The Kier molecular flexibility index (Phi) is 4.45. The molecule has 0 aliphatic carbocycles. The summed E-state index contributed by atoms with van der Waals surface area (Å²) in [7, 11) is -3.99. The molecule has 0 saturated carbocycles. The zero-order valence-electron chi connectivity index (χ0n) is 8.77. The van der Waals surface area contributed by atoms with Crippen LogP contribution in [0.1, 0.15) is 12.0 Å². The van der Waals surface area contributed by atoms with Crippen molar-refractivity contribution in [2.75, 3.05) is 11.3 Å². The summed E-state index contributed by atoms with van der Waals surface area (Å²) >= 11 is 0. The first-order valence-electron chi connectivity index (χ1n) is 4.62. The van der Waals surface area contributed by atoms with Crippen LogP contribution in [0.5, 0.6) is 0 Å². The topological polar surface area (TPSA) is 92.4 Å². The Balaban J connectivity index is 2.91. The summed E-state index contributed by atoms with van der Waals surface area (Å²) in [6.45, 7) is -0.0689. The number of benzene rings is 1. The Morgan fingerprint density at radius 3 is 2.71 bits per heavy atom. The fourth-order valence-corrected chi connectivity index (χ4v) is 1.52. The molecule has 1 aromatic carbocycles. The number of anilines is 1. The highest BCUT2D eigenvalue weighted by Crippen LogP contribution is 2.15. The van der Waals surface area contributed by atoms with Gasteiger partial charge in [-0.3, -0.25) is 4.72 Å². The van der Waals surface area contributed by atoms with Gasteiger partial charge in [0.1, 0.15) is 5.82 Å². The third-order valence-corrected chi connectivity index (χ3v) is 2.20. The molecule has 1 aromatic rings. The van der Waals surface area contributed by atoms with E-state index in [-0.39, 0.29) is 12.3 Å². The maximum atomic E-state index is 13.4. The van der Waals surface area contributed by atoms with Crippen LogP contribution in [0.3, 0.4) is 0 Å². The van der Waals surface area contributed by atoms with Crippen molar-refractivity contribution in [3.63, 3.8) is 0 Å². The van der Waals surface area contributed by atoms with Crippen molar-refractivity contribution in [3.05, 3.63) is 29.6 Å². The van der Waals surface area contributed by atoms with E-state index in [1.165, 1.54) is 12.1 Å². The molecule has 0 fully saturated rings. The van der Waals surface area contributed by atoms with Gasteiger partial charge in [0.25, 0.3) is 10.2 Å². The smallest absolute Gasteiger partial charge is 0.296 e. The van der Waals surface area contributed by atoms with Crippen molar-refractivity contribution in [3.8, 4) is 11.8 Å². The minimum Gasteiger partial charge on any atom is -0.395 e. The molecule has 0 bridgehead atoms. The molecule has 0 radical (unpaired) electrons. The van der Waals surface area contributed by atoms with Gasteiger partial charge in [-0.05, 0) is 18.2 Å². The lowest BCUT2D eigenvalue weighted by atomic mass is 10.2. The average molecular weight is 258 g/mol. The number of hydrogen-bond acceptors (Lipinski definition) is 3. The summed E-state index contributed by atoms with van der Waals surface area (Å²) in [5.41, 5.74) is 0.149. The Labute approximate surface area is 98.6 Å². The van der Waals surface area contributed by atoms with Crippen molar-refractivity contribution < 1.29 is 17.9 Å². The minimum absolute atomic E-state index is 0.0689. The number of aliphatic hydroxyl groups is 1. The Morgan fingerprint density at radius 1 is 1.47 bits per heavy atom. The number of nitrogens with one attached hydrogen (secondary N) is 1. The molecular formula is C10H11FN2O3S. The second-order valence-corrected chi connectivity index (χ2v) is 4.41. The molecule has 5 nitrogen and oxygen atoms in total. The fourth-order valence-electron chi connectivity index (χ4n) is 1.05. The highest BCUT2D eigenvalue weighted by atomic mass is 32.2. The molecule has 0 atom stereocenters. The molecule has 0 unspecified atom stereocenters. The van der Waals surface area contributed by atoms with E-state index in [1.54, 1.807) is 0 Å². The van der Waals surface area contributed by atoms with Gasteiger partial charge in [-0.2, -0.15) is 8.42 Å². The summed E-state index contributed by atoms with van der Waals surface area (Å²) in [6.07, 6.45) is 0.290. The van der Waals surface area contributed by atoms with Crippen molar-refractivity contribution in [2.45, 2.75) is 6.42 Å². The second kappa shape index (κ2) is 5.63. The zero-order chi connectivity index (χ0) is 12.9. The summed E-state index contributed by atoms with van der Waals surface area (Å²) < 4.78 is 36.6. The summed E-state index contributed by atoms with van der Waals surface area (Å²) in [5, 5.41) is 13.2. The van der Waals surface area contributed by atoms with Gasteiger partial charge < -0.3 is 5.11 Å². The quantitative estimate of drug-likeness (QED) is 0.675. The molecule has 17 heavy (non-hydrogen) atoms. The normalized spacial score (nSPS) is 10.5. The molecule has 1 rings (SSSR count). The predicted octanol–water partition coefficient (Wildman–Crippen LogP) is 0.175. The first-order chi connectivity index (χ1) is 7.92. The van der Waals surface area contributed by atoms with Crippen LogP contribution in [0.4, 0.5) is 10.1 Å². The van der Waals surface area contributed by atoms with Gasteiger partial charge in [-0.1, -0.05) is 11.8 Å². The van der Waals surface area contributed by atoms with Gasteiger partial charge >= 0.3 is 0 Å². The molecule has 0 heterocycles. The molecule has 0 aromatic heterocycles. The van der Waals surface area contributed by atoms with Crippen LogP contribution in [-0.2, 0) is 10.2 Å². The third kappa shape index (κ3) is 4.82. The first kappa shape index (κ1) is 13.4. The number of aliphatic hydroxyl groups excluding tert-OH is 1. The summed E-state index contributed by atoms with van der Waals surface area (Å²) in [5.74, 6) is 4.47. The molecule has 0 saturated heterocycles. The van der Waals surface area contributed by atoms with Crippen LogP contribution in [0.25, 0.3) is 0 Å². The van der Waals surface area contributed by atoms with Gasteiger partial charge in [-0.25, -0.2) is 9.53 Å². The van der Waals surface area contributed by atoms with Gasteiger partial charge in [0.2, 0.25) is 0 Å². The molecule has 0 spiro atoms. The standard InChI is InChI=1S/C10H11FN2O3S/c11-9-7-8(3-1-2-6-14)4-5-10(9)13-17(12,15)16/h4-5,7,13-14H,2,6H2,(H2,12,15,16). The molecule has 92 valence electrons. The van der Waals surface area contributed by atoms with Crippen molar-refractivity contribution in [2.24, 2.45) is 5.14 Å². The van der Waals surface area contributed by atoms with Crippen LogP contribution in [0, 0.1) is 17.7 Å². The van der Waals surface area contributed by atoms with E-state index in [0.29, 0.717) is 12.0 Å². The average Bonchev–Trinajstić information content (AvgIpc) is 2.21. The van der Waals surface area contributed by atoms with Crippen LogP contribution < -0.4 is 9.86 Å². The molecular weight excluding hydrogens is 247 g/mol. The van der Waals surface area contributed by atoms with E-state index >= 15 is 0 Å². The number of rotatable bonds is 3. The van der Waals surface area contributed by atoms with Crippen molar-refractivity contribution in [1.29, 1.82) is 0 Å².